The summed E-state index contributed by atoms with van der Waals surface area (Å²) in [4.78, 5) is 0. The van der Waals surface area contributed by atoms with Gasteiger partial charge < -0.3 is 10.1 Å². The van der Waals surface area contributed by atoms with Crippen LogP contribution in [0.2, 0.25) is 0 Å². The summed E-state index contributed by atoms with van der Waals surface area (Å²) in [7, 11) is -1.72. The molecule has 0 spiro atoms. The van der Waals surface area contributed by atoms with Crippen molar-refractivity contribution in [2.45, 2.75) is 36.6 Å². The fraction of sp³-hybridized carbons (Fsp3) is 0.692. The van der Waals surface area contributed by atoms with Crippen molar-refractivity contribution in [3.63, 3.8) is 0 Å². The average Bonchev–Trinajstić information content (AvgIpc) is 3.08. The molecule has 5 nitrogen and oxygen atoms in total. The van der Waals surface area contributed by atoms with Gasteiger partial charge in [-0.2, -0.15) is 4.31 Å². The molecule has 1 saturated heterocycles. The van der Waals surface area contributed by atoms with E-state index in [0.29, 0.717) is 17.3 Å². The van der Waals surface area contributed by atoms with E-state index in [1.807, 2.05) is 5.38 Å². The summed E-state index contributed by atoms with van der Waals surface area (Å²) >= 11 is 1.30. The van der Waals surface area contributed by atoms with Gasteiger partial charge in [0, 0.05) is 26.7 Å². The van der Waals surface area contributed by atoms with Gasteiger partial charge in [0.15, 0.2) is 0 Å². The Kier molecular flexibility index (Phi) is 5.57. The van der Waals surface area contributed by atoms with Gasteiger partial charge in [0.05, 0.1) is 6.10 Å². The number of sulfonamides is 1. The number of hydrogen-bond donors (Lipinski definition) is 1. The van der Waals surface area contributed by atoms with E-state index in [9.17, 15) is 8.42 Å². The van der Waals surface area contributed by atoms with E-state index in [2.05, 4.69) is 12.2 Å². The highest BCUT2D eigenvalue weighted by atomic mass is 32.2. The van der Waals surface area contributed by atoms with Crippen molar-refractivity contribution in [2.75, 3.05) is 26.7 Å². The van der Waals surface area contributed by atoms with Crippen molar-refractivity contribution in [1.29, 1.82) is 0 Å². The summed E-state index contributed by atoms with van der Waals surface area (Å²) in [5.41, 5.74) is 1.03. The molecule has 0 aromatic carbocycles. The van der Waals surface area contributed by atoms with Gasteiger partial charge in [-0.25, -0.2) is 8.42 Å². The first-order valence-electron chi connectivity index (χ1n) is 6.89. The lowest BCUT2D eigenvalue weighted by atomic mass is 10.3. The Morgan fingerprint density at radius 1 is 1.55 bits per heavy atom. The summed E-state index contributed by atoms with van der Waals surface area (Å²) in [6, 6.07) is 1.78. The van der Waals surface area contributed by atoms with Crippen LogP contribution in [0.25, 0.3) is 0 Å². The first-order valence-corrected chi connectivity index (χ1v) is 9.21. The van der Waals surface area contributed by atoms with E-state index in [1.54, 1.807) is 13.2 Å². The first kappa shape index (κ1) is 15.9. The van der Waals surface area contributed by atoms with Crippen LogP contribution < -0.4 is 5.32 Å². The maximum Gasteiger partial charge on any atom is 0.252 e. The molecule has 0 bridgehead atoms. The second-order valence-electron chi connectivity index (χ2n) is 4.96. The molecule has 1 aromatic rings. The summed E-state index contributed by atoms with van der Waals surface area (Å²) in [6.07, 6.45) is 1.86. The average molecular weight is 318 g/mol. The highest BCUT2D eigenvalue weighted by Crippen LogP contribution is 2.27. The van der Waals surface area contributed by atoms with Crippen LogP contribution >= 0.6 is 11.3 Å². The highest BCUT2D eigenvalue weighted by molar-refractivity contribution is 7.91. The summed E-state index contributed by atoms with van der Waals surface area (Å²) in [5, 5.41) is 5.20. The topological polar surface area (TPSA) is 58.6 Å². The van der Waals surface area contributed by atoms with Crippen LogP contribution in [0, 0.1) is 0 Å². The van der Waals surface area contributed by atoms with E-state index in [4.69, 9.17) is 4.74 Å². The van der Waals surface area contributed by atoms with Gasteiger partial charge >= 0.3 is 0 Å². The second kappa shape index (κ2) is 7.00. The quantitative estimate of drug-likeness (QED) is 0.777. The Labute approximate surface area is 125 Å². The van der Waals surface area contributed by atoms with Gasteiger partial charge in [0.25, 0.3) is 10.0 Å². The van der Waals surface area contributed by atoms with Crippen LogP contribution in [0.1, 0.15) is 25.3 Å². The van der Waals surface area contributed by atoms with Gasteiger partial charge in [-0.15, -0.1) is 11.3 Å². The molecule has 7 heteroatoms. The van der Waals surface area contributed by atoms with Crippen LogP contribution in [0.3, 0.4) is 0 Å². The van der Waals surface area contributed by atoms with E-state index < -0.39 is 10.0 Å². The lowest BCUT2D eigenvalue weighted by molar-refractivity contribution is 0.115. The minimum Gasteiger partial charge on any atom is -0.380 e. The maximum atomic E-state index is 12.5. The lowest BCUT2D eigenvalue weighted by Crippen LogP contribution is -2.29. The molecule has 0 amide bonds. The lowest BCUT2D eigenvalue weighted by Gasteiger charge is -2.14. The zero-order valence-electron chi connectivity index (χ0n) is 12.0. The predicted octanol–water partition coefficient (Wildman–Crippen LogP) is 1.66. The van der Waals surface area contributed by atoms with E-state index in [0.717, 1.165) is 31.5 Å². The molecule has 0 saturated carbocycles. The Morgan fingerprint density at radius 3 is 3.00 bits per heavy atom. The molecule has 1 unspecified atom stereocenters. The molecule has 20 heavy (non-hydrogen) atoms. The summed E-state index contributed by atoms with van der Waals surface area (Å²) in [6.45, 7) is 4.78. The van der Waals surface area contributed by atoms with Gasteiger partial charge in [0.1, 0.15) is 4.21 Å². The second-order valence-corrected chi connectivity index (χ2v) is 8.04. The van der Waals surface area contributed by atoms with E-state index in [1.165, 1.54) is 15.6 Å². The standard InChI is InChI=1S/C13H22N2O3S2/c1-3-5-14-8-11-7-13(19-10-11)20(16,17)15-6-4-12(9-15)18-2/h7,10,12,14H,3-6,8-9H2,1-2H3. The van der Waals surface area contributed by atoms with Crippen molar-refractivity contribution < 1.29 is 13.2 Å². The fourth-order valence-electron chi connectivity index (χ4n) is 2.23. The first-order chi connectivity index (χ1) is 9.57. The van der Waals surface area contributed by atoms with E-state index >= 15 is 0 Å². The zero-order chi connectivity index (χ0) is 14.6. The molecule has 2 rings (SSSR count). The van der Waals surface area contributed by atoms with Crippen molar-refractivity contribution >= 4 is 21.4 Å². The molecule has 1 aliphatic rings. The molecule has 1 atom stereocenters. The minimum absolute atomic E-state index is 0.0235. The van der Waals surface area contributed by atoms with Crippen LogP contribution in [0.15, 0.2) is 15.7 Å². The van der Waals surface area contributed by atoms with Crippen LogP contribution in [-0.4, -0.2) is 45.6 Å². The number of ether oxygens (including phenoxy) is 1. The Bertz CT molecular complexity index is 527. The SMILES string of the molecule is CCCNCc1csc(S(=O)(=O)N2CCC(OC)C2)c1. The van der Waals surface area contributed by atoms with Gasteiger partial charge in [-0.1, -0.05) is 6.92 Å². The Morgan fingerprint density at radius 2 is 2.35 bits per heavy atom. The van der Waals surface area contributed by atoms with Crippen molar-refractivity contribution in [2.24, 2.45) is 0 Å². The summed E-state index contributed by atoms with van der Waals surface area (Å²) in [5.74, 6) is 0. The monoisotopic (exact) mass is 318 g/mol. The molecule has 114 valence electrons. The van der Waals surface area contributed by atoms with Crippen molar-refractivity contribution in [3.8, 4) is 0 Å². The molecule has 1 aromatic heterocycles. The van der Waals surface area contributed by atoms with Gasteiger partial charge in [0.2, 0.25) is 0 Å². The molecular formula is C13H22N2O3S2. The third-order valence-corrected chi connectivity index (χ3v) is 6.75. The van der Waals surface area contributed by atoms with E-state index in [-0.39, 0.29) is 6.10 Å². The molecule has 1 aliphatic heterocycles. The predicted molar refractivity (Wildman–Crippen MR) is 80.5 cm³/mol. The normalized spacial score (nSPS) is 20.6. The van der Waals surface area contributed by atoms with Crippen LogP contribution in [-0.2, 0) is 21.3 Å². The number of hydrogen-bond acceptors (Lipinski definition) is 5. The molecule has 2 heterocycles. The zero-order valence-corrected chi connectivity index (χ0v) is 13.6. The van der Waals surface area contributed by atoms with Crippen molar-refractivity contribution in [1.82, 2.24) is 9.62 Å². The number of nitrogens with zero attached hydrogens (tertiary/aromatic N) is 1. The molecule has 0 radical (unpaired) electrons. The third kappa shape index (κ3) is 3.59. The number of nitrogens with one attached hydrogen (secondary N) is 1. The largest absolute Gasteiger partial charge is 0.380 e. The smallest absolute Gasteiger partial charge is 0.252 e. The highest BCUT2D eigenvalue weighted by Gasteiger charge is 2.33. The van der Waals surface area contributed by atoms with Crippen LogP contribution in [0.5, 0.6) is 0 Å². The van der Waals surface area contributed by atoms with Crippen LogP contribution in [0.4, 0.5) is 0 Å². The number of rotatable bonds is 7. The maximum absolute atomic E-state index is 12.5. The third-order valence-electron chi connectivity index (χ3n) is 3.42. The fourth-order valence-corrected chi connectivity index (χ4v) is 5.07. The molecule has 0 aliphatic carbocycles. The summed E-state index contributed by atoms with van der Waals surface area (Å²) < 4.78 is 32.2. The Balaban J connectivity index is 2.03. The Hall–Kier alpha value is -0.470. The van der Waals surface area contributed by atoms with Gasteiger partial charge in [-0.05, 0) is 36.4 Å². The molecule has 1 fully saturated rings. The van der Waals surface area contributed by atoms with Crippen molar-refractivity contribution in [3.05, 3.63) is 17.0 Å². The number of thiophene rings is 1. The van der Waals surface area contributed by atoms with Gasteiger partial charge in [-0.3, -0.25) is 0 Å². The molecular weight excluding hydrogens is 296 g/mol. The minimum atomic E-state index is -3.35. The molecule has 1 N–H and O–H groups in total. The number of methoxy groups -OCH3 is 1.